The van der Waals surface area contributed by atoms with Gasteiger partial charge in [-0.05, 0) is 30.9 Å². The fourth-order valence-electron chi connectivity index (χ4n) is 1.70. The summed E-state index contributed by atoms with van der Waals surface area (Å²) in [7, 11) is 0. The molecule has 1 aromatic rings. The van der Waals surface area contributed by atoms with Crippen LogP contribution in [-0.2, 0) is 4.79 Å². The van der Waals surface area contributed by atoms with Crippen LogP contribution in [0.2, 0.25) is 5.15 Å². The average Bonchev–Trinajstić information content (AvgIpc) is 3.12. The Morgan fingerprint density at radius 1 is 1.44 bits per heavy atom. The molecule has 1 aliphatic rings. The maximum atomic E-state index is 11.8. The van der Waals surface area contributed by atoms with Crippen molar-refractivity contribution in [3.8, 4) is 0 Å². The number of carbonyl (C=O) groups excluding carboxylic acids is 1. The van der Waals surface area contributed by atoms with Gasteiger partial charge in [0.15, 0.2) is 10.8 Å². The van der Waals surface area contributed by atoms with Gasteiger partial charge in [0.25, 0.3) is 5.91 Å². The average molecular weight is 270 g/mol. The van der Waals surface area contributed by atoms with Crippen molar-refractivity contribution in [1.29, 1.82) is 0 Å². The minimum absolute atomic E-state index is 0.0720. The Balaban J connectivity index is 2.00. The SMILES string of the molecule is O=C(O)CC(NC(=O)c1ccc(Cl)nn1)C1CC1. The zero-order chi connectivity index (χ0) is 13.1. The topological polar surface area (TPSA) is 92.2 Å². The van der Waals surface area contributed by atoms with E-state index in [2.05, 4.69) is 15.5 Å². The van der Waals surface area contributed by atoms with Crippen LogP contribution in [0.5, 0.6) is 0 Å². The van der Waals surface area contributed by atoms with E-state index in [4.69, 9.17) is 16.7 Å². The Morgan fingerprint density at radius 3 is 2.67 bits per heavy atom. The second-order valence-corrected chi connectivity index (χ2v) is 4.64. The Kier molecular flexibility index (Phi) is 3.76. The van der Waals surface area contributed by atoms with Crippen LogP contribution in [-0.4, -0.2) is 33.2 Å². The summed E-state index contributed by atoms with van der Waals surface area (Å²) in [6.07, 6.45) is 1.83. The van der Waals surface area contributed by atoms with Crippen molar-refractivity contribution >= 4 is 23.5 Å². The largest absolute Gasteiger partial charge is 0.481 e. The number of nitrogens with one attached hydrogen (secondary N) is 1. The van der Waals surface area contributed by atoms with Gasteiger partial charge in [0.1, 0.15) is 0 Å². The first kappa shape index (κ1) is 12.8. The van der Waals surface area contributed by atoms with Gasteiger partial charge >= 0.3 is 5.97 Å². The van der Waals surface area contributed by atoms with E-state index in [0.717, 1.165) is 12.8 Å². The van der Waals surface area contributed by atoms with Crippen molar-refractivity contribution in [3.05, 3.63) is 23.0 Å². The van der Waals surface area contributed by atoms with E-state index in [0.29, 0.717) is 0 Å². The highest BCUT2D eigenvalue weighted by molar-refractivity contribution is 6.29. The van der Waals surface area contributed by atoms with E-state index in [1.165, 1.54) is 12.1 Å². The number of aromatic nitrogens is 2. The molecular formula is C11H12ClN3O3. The van der Waals surface area contributed by atoms with Gasteiger partial charge in [0.05, 0.1) is 6.42 Å². The Labute approximate surface area is 108 Å². The molecule has 18 heavy (non-hydrogen) atoms. The van der Waals surface area contributed by atoms with Crippen LogP contribution in [0.1, 0.15) is 29.8 Å². The Bertz CT molecular complexity index is 459. The van der Waals surface area contributed by atoms with Gasteiger partial charge in [-0.3, -0.25) is 9.59 Å². The standard InChI is InChI=1S/C11H12ClN3O3/c12-9-4-3-7(14-15-9)11(18)13-8(5-10(16)17)6-1-2-6/h3-4,6,8H,1-2,5H2,(H,13,18)(H,16,17). The van der Waals surface area contributed by atoms with Crippen LogP contribution in [0.3, 0.4) is 0 Å². The highest BCUT2D eigenvalue weighted by Crippen LogP contribution is 2.34. The number of amides is 1. The summed E-state index contributed by atoms with van der Waals surface area (Å²) in [5.74, 6) is -1.09. The Morgan fingerprint density at radius 2 is 2.17 bits per heavy atom. The van der Waals surface area contributed by atoms with E-state index < -0.39 is 11.9 Å². The third kappa shape index (κ3) is 3.40. The molecule has 1 amide bonds. The fourth-order valence-corrected chi connectivity index (χ4v) is 1.80. The summed E-state index contributed by atoms with van der Waals surface area (Å²) in [5.41, 5.74) is 0.135. The lowest BCUT2D eigenvalue weighted by Gasteiger charge is -2.15. The van der Waals surface area contributed by atoms with E-state index >= 15 is 0 Å². The van der Waals surface area contributed by atoms with Crippen LogP contribution < -0.4 is 5.32 Å². The van der Waals surface area contributed by atoms with Crippen LogP contribution >= 0.6 is 11.6 Å². The number of hydrogen-bond acceptors (Lipinski definition) is 4. The number of hydrogen-bond donors (Lipinski definition) is 2. The van der Waals surface area contributed by atoms with Crippen LogP contribution in [0.4, 0.5) is 0 Å². The van der Waals surface area contributed by atoms with E-state index in [1.54, 1.807) is 0 Å². The third-order valence-corrected chi connectivity index (χ3v) is 2.97. The zero-order valence-corrected chi connectivity index (χ0v) is 10.2. The first-order valence-electron chi connectivity index (χ1n) is 5.58. The highest BCUT2D eigenvalue weighted by Gasteiger charge is 2.34. The molecule has 0 spiro atoms. The highest BCUT2D eigenvalue weighted by atomic mass is 35.5. The van der Waals surface area contributed by atoms with Gasteiger partial charge in [0, 0.05) is 6.04 Å². The number of halogens is 1. The molecule has 0 aromatic carbocycles. The van der Waals surface area contributed by atoms with Crippen LogP contribution in [0, 0.1) is 5.92 Å². The number of aliphatic carboxylic acids is 1. The maximum Gasteiger partial charge on any atom is 0.305 e. The number of carboxylic acids is 1. The summed E-state index contributed by atoms with van der Waals surface area (Å²) in [6.45, 7) is 0. The van der Waals surface area contributed by atoms with E-state index in [-0.39, 0.29) is 29.2 Å². The van der Waals surface area contributed by atoms with Crippen molar-refractivity contribution in [2.45, 2.75) is 25.3 Å². The molecule has 0 bridgehead atoms. The van der Waals surface area contributed by atoms with Gasteiger partial charge in [-0.1, -0.05) is 11.6 Å². The molecule has 1 saturated carbocycles. The van der Waals surface area contributed by atoms with Gasteiger partial charge in [-0.15, -0.1) is 10.2 Å². The summed E-state index contributed by atoms with van der Waals surface area (Å²) in [4.78, 5) is 22.5. The van der Waals surface area contributed by atoms with Crippen LogP contribution in [0.15, 0.2) is 12.1 Å². The normalized spacial score (nSPS) is 16.1. The molecule has 1 aliphatic carbocycles. The molecule has 0 saturated heterocycles. The summed E-state index contributed by atoms with van der Waals surface area (Å²) in [6, 6.07) is 2.58. The van der Waals surface area contributed by atoms with Crippen LogP contribution in [0.25, 0.3) is 0 Å². The van der Waals surface area contributed by atoms with Crippen molar-refractivity contribution in [2.24, 2.45) is 5.92 Å². The van der Waals surface area contributed by atoms with Gasteiger partial charge < -0.3 is 10.4 Å². The zero-order valence-electron chi connectivity index (χ0n) is 9.47. The molecule has 1 fully saturated rings. The number of nitrogens with zero attached hydrogens (tertiary/aromatic N) is 2. The smallest absolute Gasteiger partial charge is 0.305 e. The number of carboxylic acid groups (broad SMARTS) is 1. The second kappa shape index (κ2) is 5.30. The number of carbonyl (C=O) groups is 2. The van der Waals surface area contributed by atoms with Crippen molar-refractivity contribution in [1.82, 2.24) is 15.5 Å². The second-order valence-electron chi connectivity index (χ2n) is 4.26. The first-order valence-corrected chi connectivity index (χ1v) is 5.96. The monoisotopic (exact) mass is 269 g/mol. The van der Waals surface area contributed by atoms with Gasteiger partial charge in [-0.25, -0.2) is 0 Å². The lowest BCUT2D eigenvalue weighted by molar-refractivity contribution is -0.137. The van der Waals surface area contributed by atoms with E-state index in [1.807, 2.05) is 0 Å². The fraction of sp³-hybridized carbons (Fsp3) is 0.455. The summed E-state index contributed by atoms with van der Waals surface area (Å²) in [5, 5.41) is 18.9. The van der Waals surface area contributed by atoms with Crippen molar-refractivity contribution in [2.75, 3.05) is 0 Å². The minimum Gasteiger partial charge on any atom is -0.481 e. The van der Waals surface area contributed by atoms with Gasteiger partial charge in [0.2, 0.25) is 0 Å². The van der Waals surface area contributed by atoms with Gasteiger partial charge in [-0.2, -0.15) is 0 Å². The minimum atomic E-state index is -0.922. The molecule has 1 heterocycles. The lowest BCUT2D eigenvalue weighted by Crippen LogP contribution is -2.38. The molecule has 6 nitrogen and oxygen atoms in total. The molecule has 96 valence electrons. The van der Waals surface area contributed by atoms with Crippen molar-refractivity contribution < 1.29 is 14.7 Å². The third-order valence-electron chi connectivity index (χ3n) is 2.77. The first-order chi connectivity index (χ1) is 8.56. The molecule has 7 heteroatoms. The summed E-state index contributed by atoms with van der Waals surface area (Å²) < 4.78 is 0. The van der Waals surface area contributed by atoms with Crippen molar-refractivity contribution in [3.63, 3.8) is 0 Å². The molecule has 0 aliphatic heterocycles. The predicted molar refractivity (Wildman–Crippen MR) is 63.3 cm³/mol. The molecule has 2 N–H and O–H groups in total. The molecule has 1 atom stereocenters. The number of rotatable bonds is 5. The predicted octanol–water partition coefficient (Wildman–Crippen LogP) is 1.11. The van der Waals surface area contributed by atoms with E-state index in [9.17, 15) is 9.59 Å². The Hall–Kier alpha value is -1.69. The molecule has 1 aromatic heterocycles. The lowest BCUT2D eigenvalue weighted by atomic mass is 10.1. The molecule has 2 rings (SSSR count). The molecular weight excluding hydrogens is 258 g/mol. The maximum absolute atomic E-state index is 11.8. The molecule has 0 radical (unpaired) electrons. The molecule has 1 unspecified atom stereocenters. The summed E-state index contributed by atoms with van der Waals surface area (Å²) >= 11 is 5.57. The quantitative estimate of drug-likeness (QED) is 0.835.